The molecule has 2 heterocycles. The van der Waals surface area contributed by atoms with Crippen LogP contribution < -0.4 is 10.1 Å². The Balaban J connectivity index is 1.20. The van der Waals surface area contributed by atoms with Crippen LogP contribution in [0.1, 0.15) is 37.7 Å². The maximum atomic E-state index is 13.3. The normalized spacial score (nSPS) is 23.5. The van der Waals surface area contributed by atoms with Crippen molar-refractivity contribution >= 4 is 17.5 Å². The molecule has 2 amide bonds. The second-order valence-electron chi connectivity index (χ2n) is 9.66. The van der Waals surface area contributed by atoms with Gasteiger partial charge in [-0.3, -0.25) is 14.3 Å². The maximum Gasteiger partial charge on any atom is 0.262 e. The molecule has 8 nitrogen and oxygen atoms in total. The van der Waals surface area contributed by atoms with Crippen LogP contribution in [0.5, 0.6) is 5.75 Å². The number of carbonyl (C=O) groups is 2. The molecule has 3 atom stereocenters. The molecule has 2 fully saturated rings. The Bertz CT molecular complexity index is 1180. The minimum Gasteiger partial charge on any atom is -0.484 e. The summed E-state index contributed by atoms with van der Waals surface area (Å²) in [5.74, 6) is 0.320. The van der Waals surface area contributed by atoms with Gasteiger partial charge in [0.2, 0.25) is 5.91 Å². The highest BCUT2D eigenvalue weighted by molar-refractivity contribution is 5.91. The van der Waals surface area contributed by atoms with Crippen LogP contribution in [-0.4, -0.2) is 50.8 Å². The minimum atomic E-state index is -0.909. The van der Waals surface area contributed by atoms with Crippen molar-refractivity contribution in [1.82, 2.24) is 14.7 Å². The van der Waals surface area contributed by atoms with Gasteiger partial charge in [0.1, 0.15) is 12.3 Å². The van der Waals surface area contributed by atoms with Gasteiger partial charge in [-0.2, -0.15) is 5.10 Å². The summed E-state index contributed by atoms with van der Waals surface area (Å²) in [4.78, 5) is 27.5. The number of nitrogens with zero attached hydrogens (tertiary/aromatic N) is 3. The molecule has 1 saturated heterocycles. The Morgan fingerprint density at radius 1 is 1.06 bits per heavy atom. The lowest BCUT2D eigenvalue weighted by Crippen LogP contribution is -2.59. The van der Waals surface area contributed by atoms with Crippen LogP contribution in [0.3, 0.4) is 0 Å². The molecule has 36 heavy (non-hydrogen) atoms. The highest BCUT2D eigenvalue weighted by Crippen LogP contribution is 2.46. The van der Waals surface area contributed by atoms with E-state index in [2.05, 4.69) is 10.4 Å². The molecule has 0 bridgehead atoms. The number of benzene rings is 2. The van der Waals surface area contributed by atoms with E-state index < -0.39 is 5.60 Å². The van der Waals surface area contributed by atoms with Gasteiger partial charge in [-0.15, -0.1) is 0 Å². The monoisotopic (exact) mass is 488 g/mol. The molecule has 0 spiro atoms. The molecule has 5 rings (SSSR count). The standard InChI is InChI=1S/C28H32N4O4/c33-26(20-36-23-11-5-2-6-12-23)30-22-17-29-31(18-22)19-27(34)32-16-15-28(35,21-9-3-1-4-10-21)24-13-7-8-14-25(24)32/h1-6,9-12,17-18,24-25,35H,7-8,13-16,19-20H2,(H,30,33)/t24-,25+,28+/m0/s1. The van der Waals surface area contributed by atoms with E-state index in [4.69, 9.17) is 4.74 Å². The van der Waals surface area contributed by atoms with E-state index in [-0.39, 0.29) is 36.9 Å². The number of nitrogens with one attached hydrogen (secondary N) is 1. The Kier molecular flexibility index (Phi) is 7.04. The number of aromatic nitrogens is 2. The zero-order valence-electron chi connectivity index (χ0n) is 20.3. The number of ether oxygens (including phenoxy) is 1. The highest BCUT2D eigenvalue weighted by Gasteiger charge is 2.50. The Morgan fingerprint density at radius 2 is 1.78 bits per heavy atom. The van der Waals surface area contributed by atoms with Crippen molar-refractivity contribution in [3.63, 3.8) is 0 Å². The van der Waals surface area contributed by atoms with Gasteiger partial charge in [-0.1, -0.05) is 61.4 Å². The molecular formula is C28H32N4O4. The first kappa shape index (κ1) is 24.1. The first-order valence-electron chi connectivity index (χ1n) is 12.6. The van der Waals surface area contributed by atoms with Crippen LogP contribution in [0.25, 0.3) is 0 Å². The number of amides is 2. The molecule has 3 aromatic rings. The number of hydrogen-bond acceptors (Lipinski definition) is 5. The van der Waals surface area contributed by atoms with Gasteiger partial charge >= 0.3 is 0 Å². The van der Waals surface area contributed by atoms with E-state index in [0.717, 1.165) is 31.2 Å². The Hall–Kier alpha value is -3.65. The van der Waals surface area contributed by atoms with E-state index in [1.54, 1.807) is 23.0 Å². The second kappa shape index (κ2) is 10.5. The number of para-hydroxylation sites is 1. The lowest BCUT2D eigenvalue weighted by Gasteiger charge is -2.52. The molecule has 188 valence electrons. The van der Waals surface area contributed by atoms with Gasteiger partial charge in [0, 0.05) is 24.7 Å². The van der Waals surface area contributed by atoms with Gasteiger partial charge in [0.15, 0.2) is 6.61 Å². The predicted molar refractivity (Wildman–Crippen MR) is 135 cm³/mol. The van der Waals surface area contributed by atoms with Crippen molar-refractivity contribution in [3.8, 4) is 5.75 Å². The lowest BCUT2D eigenvalue weighted by molar-refractivity contribution is -0.155. The van der Waals surface area contributed by atoms with Crippen LogP contribution in [-0.2, 0) is 21.7 Å². The summed E-state index contributed by atoms with van der Waals surface area (Å²) >= 11 is 0. The molecule has 8 heteroatoms. The van der Waals surface area contributed by atoms with Gasteiger partial charge in [0.05, 0.1) is 17.5 Å². The second-order valence-corrected chi connectivity index (χ2v) is 9.66. The number of carbonyl (C=O) groups excluding carboxylic acids is 2. The molecule has 0 radical (unpaired) electrons. The number of aliphatic hydroxyl groups is 1. The lowest BCUT2D eigenvalue weighted by atomic mass is 9.66. The third kappa shape index (κ3) is 5.14. The van der Waals surface area contributed by atoms with Crippen molar-refractivity contribution < 1.29 is 19.4 Å². The van der Waals surface area contributed by atoms with Crippen molar-refractivity contribution in [2.45, 2.75) is 50.3 Å². The molecule has 2 aliphatic rings. The van der Waals surface area contributed by atoms with E-state index in [9.17, 15) is 14.7 Å². The smallest absolute Gasteiger partial charge is 0.262 e. The summed E-state index contributed by atoms with van der Waals surface area (Å²) in [6.45, 7) is 0.478. The topological polar surface area (TPSA) is 96.7 Å². The number of hydrogen-bond donors (Lipinski definition) is 2. The zero-order valence-corrected chi connectivity index (χ0v) is 20.3. The van der Waals surface area contributed by atoms with Crippen molar-refractivity contribution in [1.29, 1.82) is 0 Å². The Labute approximate surface area is 210 Å². The first-order valence-corrected chi connectivity index (χ1v) is 12.6. The molecule has 2 aromatic carbocycles. The quantitative estimate of drug-likeness (QED) is 0.530. The maximum absolute atomic E-state index is 13.3. The summed E-state index contributed by atoms with van der Waals surface area (Å²) in [5, 5.41) is 18.7. The van der Waals surface area contributed by atoms with Gasteiger partial charge in [0.25, 0.3) is 5.91 Å². The van der Waals surface area contributed by atoms with Crippen LogP contribution in [0, 0.1) is 5.92 Å². The largest absolute Gasteiger partial charge is 0.484 e. The zero-order chi connectivity index (χ0) is 25.0. The van der Waals surface area contributed by atoms with E-state index >= 15 is 0 Å². The fourth-order valence-electron chi connectivity index (χ4n) is 5.69. The van der Waals surface area contributed by atoms with Crippen molar-refractivity contribution in [2.24, 2.45) is 5.92 Å². The van der Waals surface area contributed by atoms with Crippen molar-refractivity contribution in [3.05, 3.63) is 78.6 Å². The van der Waals surface area contributed by atoms with Gasteiger partial charge in [-0.25, -0.2) is 0 Å². The average Bonchev–Trinajstić information content (AvgIpc) is 3.35. The summed E-state index contributed by atoms with van der Waals surface area (Å²) in [6, 6.07) is 19.0. The summed E-state index contributed by atoms with van der Waals surface area (Å²) in [7, 11) is 0. The molecule has 1 aliphatic heterocycles. The number of anilines is 1. The number of piperidine rings is 1. The third-order valence-electron chi connectivity index (χ3n) is 7.40. The van der Waals surface area contributed by atoms with E-state index in [1.165, 1.54) is 6.20 Å². The van der Waals surface area contributed by atoms with E-state index in [1.807, 2.05) is 53.4 Å². The number of rotatable bonds is 7. The molecule has 2 N–H and O–H groups in total. The molecule has 1 aromatic heterocycles. The highest BCUT2D eigenvalue weighted by atomic mass is 16.5. The van der Waals surface area contributed by atoms with Gasteiger partial charge < -0.3 is 20.1 Å². The molecular weight excluding hydrogens is 456 g/mol. The van der Waals surface area contributed by atoms with Crippen LogP contribution in [0.15, 0.2) is 73.1 Å². The fourth-order valence-corrected chi connectivity index (χ4v) is 5.69. The summed E-state index contributed by atoms with van der Waals surface area (Å²) < 4.78 is 7.02. The molecule has 0 unspecified atom stereocenters. The number of fused-ring (bicyclic) bond motifs is 1. The van der Waals surface area contributed by atoms with Crippen LogP contribution in [0.4, 0.5) is 5.69 Å². The van der Waals surface area contributed by atoms with Crippen LogP contribution in [0.2, 0.25) is 0 Å². The minimum absolute atomic E-state index is 0.00933. The third-order valence-corrected chi connectivity index (χ3v) is 7.40. The predicted octanol–water partition coefficient (Wildman–Crippen LogP) is 3.58. The summed E-state index contributed by atoms with van der Waals surface area (Å²) in [5.41, 5.74) is 0.545. The Morgan fingerprint density at radius 3 is 2.56 bits per heavy atom. The van der Waals surface area contributed by atoms with E-state index in [0.29, 0.717) is 24.4 Å². The first-order chi connectivity index (χ1) is 17.5. The number of likely N-dealkylation sites (tertiary alicyclic amines) is 1. The summed E-state index contributed by atoms with van der Waals surface area (Å²) in [6.07, 6.45) is 7.62. The van der Waals surface area contributed by atoms with Crippen LogP contribution >= 0.6 is 0 Å². The molecule has 1 aliphatic carbocycles. The van der Waals surface area contributed by atoms with Gasteiger partial charge in [-0.05, 0) is 37.0 Å². The SMILES string of the molecule is O=C(COc1ccccc1)Nc1cnn(CC(=O)N2CC[C@@](O)(c3ccccc3)[C@H]3CCCC[C@H]32)c1. The van der Waals surface area contributed by atoms with Crippen molar-refractivity contribution in [2.75, 3.05) is 18.5 Å². The fraction of sp³-hybridized carbons (Fsp3) is 0.393. The average molecular weight is 489 g/mol. The molecule has 1 saturated carbocycles.